The van der Waals surface area contributed by atoms with Crippen LogP contribution in [0.1, 0.15) is 28.9 Å². The second kappa shape index (κ2) is 5.95. The van der Waals surface area contributed by atoms with Gasteiger partial charge < -0.3 is 20.9 Å². The first-order valence-electron chi connectivity index (χ1n) is 6.84. The molecule has 0 aromatic carbocycles. The molecule has 0 saturated carbocycles. The van der Waals surface area contributed by atoms with Gasteiger partial charge in [0.2, 0.25) is 0 Å². The van der Waals surface area contributed by atoms with Crippen LogP contribution in [0.3, 0.4) is 0 Å². The summed E-state index contributed by atoms with van der Waals surface area (Å²) in [5.74, 6) is -0.436. The highest BCUT2D eigenvalue weighted by Crippen LogP contribution is 2.22. The van der Waals surface area contributed by atoms with E-state index in [4.69, 9.17) is 18.0 Å². The fraction of sp³-hybridized carbons (Fsp3) is 0.500. The maximum Gasteiger partial charge on any atom is 0.257 e. The molecule has 0 aliphatic carbocycles. The van der Waals surface area contributed by atoms with Crippen LogP contribution in [0.25, 0.3) is 0 Å². The molecule has 1 fully saturated rings. The molecule has 0 bridgehead atoms. The third kappa shape index (κ3) is 3.30. The van der Waals surface area contributed by atoms with E-state index in [0.717, 1.165) is 13.1 Å². The van der Waals surface area contributed by atoms with Gasteiger partial charge in [0.15, 0.2) is 5.43 Å². The van der Waals surface area contributed by atoms with Gasteiger partial charge in [0.05, 0.1) is 10.5 Å². The van der Waals surface area contributed by atoms with E-state index in [-0.39, 0.29) is 16.0 Å². The predicted molar refractivity (Wildman–Crippen MR) is 85.5 cm³/mol. The minimum absolute atomic E-state index is 0.0788. The number of carbonyl (C=O) groups excluding carboxylic acids is 1. The number of nitrogens with two attached hydrogens (primary N) is 1. The molecule has 0 unspecified atom stereocenters. The molecule has 1 aliphatic heterocycles. The van der Waals surface area contributed by atoms with Gasteiger partial charge >= 0.3 is 0 Å². The van der Waals surface area contributed by atoms with E-state index in [1.165, 1.54) is 12.3 Å². The van der Waals surface area contributed by atoms with Crippen molar-refractivity contribution in [3.8, 4) is 0 Å². The van der Waals surface area contributed by atoms with Crippen molar-refractivity contribution in [1.82, 2.24) is 15.2 Å². The van der Waals surface area contributed by atoms with Gasteiger partial charge in [0.25, 0.3) is 5.91 Å². The summed E-state index contributed by atoms with van der Waals surface area (Å²) in [7, 11) is 2.01. The Morgan fingerprint density at radius 2 is 2.10 bits per heavy atom. The number of hydrogen-bond donors (Lipinski definition) is 3. The topological polar surface area (TPSA) is 91.2 Å². The molecule has 1 aromatic heterocycles. The quantitative estimate of drug-likeness (QED) is 0.692. The number of aromatic amines is 1. The zero-order chi connectivity index (χ0) is 15.6. The summed E-state index contributed by atoms with van der Waals surface area (Å²) < 4.78 is 0. The Morgan fingerprint density at radius 3 is 2.62 bits per heavy atom. The molecule has 0 atom stereocenters. The number of carbonyl (C=O) groups is 1. The van der Waals surface area contributed by atoms with E-state index in [1.807, 2.05) is 7.05 Å². The first-order chi connectivity index (χ1) is 9.84. The number of piperidine rings is 1. The third-order valence-corrected chi connectivity index (χ3v) is 4.36. The van der Waals surface area contributed by atoms with Crippen LogP contribution < -0.4 is 16.5 Å². The first-order valence-corrected chi connectivity index (χ1v) is 7.25. The highest BCUT2D eigenvalue weighted by Gasteiger charge is 2.38. The number of likely N-dealkylation sites (tertiary alicyclic amines) is 1. The Bertz CT molecular complexity index is 618. The number of aryl methyl sites for hydroxylation is 1. The summed E-state index contributed by atoms with van der Waals surface area (Å²) in [5.41, 5.74) is 5.61. The van der Waals surface area contributed by atoms with Crippen molar-refractivity contribution >= 4 is 23.1 Å². The summed E-state index contributed by atoms with van der Waals surface area (Å²) in [5, 5.41) is 2.88. The van der Waals surface area contributed by atoms with Gasteiger partial charge in [-0.25, -0.2) is 0 Å². The molecular weight excluding hydrogens is 288 g/mol. The van der Waals surface area contributed by atoms with Gasteiger partial charge in [-0.2, -0.15) is 0 Å². The van der Waals surface area contributed by atoms with E-state index in [9.17, 15) is 9.59 Å². The third-order valence-electron chi connectivity index (χ3n) is 3.97. The van der Waals surface area contributed by atoms with Crippen LogP contribution in [0.4, 0.5) is 0 Å². The number of pyridine rings is 1. The van der Waals surface area contributed by atoms with Crippen molar-refractivity contribution in [1.29, 1.82) is 0 Å². The average molecular weight is 308 g/mol. The number of nitrogens with one attached hydrogen (secondary N) is 2. The molecule has 1 saturated heterocycles. The highest BCUT2D eigenvalue weighted by molar-refractivity contribution is 7.80. The number of rotatable bonds is 3. The maximum atomic E-state index is 12.4. The molecule has 0 spiro atoms. The molecule has 4 N–H and O–H groups in total. The maximum absolute atomic E-state index is 12.4. The predicted octanol–water partition coefficient (Wildman–Crippen LogP) is 0.164. The average Bonchev–Trinajstić information content (AvgIpc) is 2.41. The van der Waals surface area contributed by atoms with Crippen LogP contribution in [0.15, 0.2) is 17.1 Å². The van der Waals surface area contributed by atoms with Crippen molar-refractivity contribution in [2.24, 2.45) is 5.73 Å². The molecule has 1 aliphatic rings. The normalized spacial score (nSPS) is 18.2. The lowest BCUT2D eigenvalue weighted by atomic mass is 9.87. The van der Waals surface area contributed by atoms with Gasteiger partial charge in [-0.05, 0) is 26.8 Å². The summed E-state index contributed by atoms with van der Waals surface area (Å²) in [6.45, 7) is 3.35. The molecule has 21 heavy (non-hydrogen) atoms. The van der Waals surface area contributed by atoms with Gasteiger partial charge in [-0.3, -0.25) is 9.59 Å². The number of hydrogen-bond acceptors (Lipinski definition) is 4. The van der Waals surface area contributed by atoms with Gasteiger partial charge in [0, 0.05) is 31.0 Å². The van der Waals surface area contributed by atoms with Gasteiger partial charge in [0.1, 0.15) is 5.56 Å². The number of aromatic nitrogens is 1. The Morgan fingerprint density at radius 1 is 1.48 bits per heavy atom. The van der Waals surface area contributed by atoms with Crippen LogP contribution >= 0.6 is 12.2 Å². The smallest absolute Gasteiger partial charge is 0.257 e. The lowest BCUT2D eigenvalue weighted by Gasteiger charge is -2.40. The zero-order valence-corrected chi connectivity index (χ0v) is 13.0. The molecular formula is C14H20N4O2S. The minimum Gasteiger partial charge on any atom is -0.391 e. The number of nitrogens with zero attached hydrogens (tertiary/aromatic N) is 1. The van der Waals surface area contributed by atoms with Gasteiger partial charge in [-0.1, -0.05) is 12.2 Å². The van der Waals surface area contributed by atoms with E-state index >= 15 is 0 Å². The summed E-state index contributed by atoms with van der Waals surface area (Å²) in [4.78, 5) is 29.6. The van der Waals surface area contributed by atoms with E-state index in [2.05, 4.69) is 15.2 Å². The summed E-state index contributed by atoms with van der Waals surface area (Å²) in [6, 6.07) is 1.40. The molecule has 0 radical (unpaired) electrons. The van der Waals surface area contributed by atoms with E-state index in [1.54, 1.807) is 6.92 Å². The van der Waals surface area contributed by atoms with Crippen molar-refractivity contribution in [3.05, 3.63) is 33.7 Å². The summed E-state index contributed by atoms with van der Waals surface area (Å²) in [6.07, 6.45) is 2.72. The van der Waals surface area contributed by atoms with E-state index in [0.29, 0.717) is 18.5 Å². The van der Waals surface area contributed by atoms with Crippen LogP contribution in [-0.2, 0) is 0 Å². The first kappa shape index (κ1) is 15.7. The van der Waals surface area contributed by atoms with Crippen LogP contribution in [-0.4, -0.2) is 46.5 Å². The van der Waals surface area contributed by atoms with Crippen molar-refractivity contribution < 1.29 is 4.79 Å². The monoisotopic (exact) mass is 308 g/mol. The minimum atomic E-state index is -0.712. The standard InChI is InChI=1S/C14H20N4O2S/c1-9-7-11(19)10(8-16-9)12(20)17-14(13(15)21)3-5-18(2)6-4-14/h7-8H,3-6H2,1-2H3,(H2,15,21)(H,16,19)(H,17,20). The zero-order valence-electron chi connectivity index (χ0n) is 12.2. The van der Waals surface area contributed by atoms with Crippen LogP contribution in [0, 0.1) is 6.92 Å². The molecule has 6 nitrogen and oxygen atoms in total. The SMILES string of the molecule is Cc1cc(=O)c(C(=O)NC2(C(N)=S)CCN(C)CC2)c[nH]1. The van der Waals surface area contributed by atoms with Crippen molar-refractivity contribution in [3.63, 3.8) is 0 Å². The number of H-pyrrole nitrogens is 1. The fourth-order valence-corrected chi connectivity index (χ4v) is 2.72. The number of amides is 1. The molecule has 1 aromatic rings. The van der Waals surface area contributed by atoms with E-state index < -0.39 is 11.4 Å². The molecule has 2 heterocycles. The lowest BCUT2D eigenvalue weighted by Crippen LogP contribution is -2.61. The largest absolute Gasteiger partial charge is 0.391 e. The summed E-state index contributed by atoms with van der Waals surface area (Å²) >= 11 is 5.15. The highest BCUT2D eigenvalue weighted by atomic mass is 32.1. The lowest BCUT2D eigenvalue weighted by molar-refractivity contribution is 0.0889. The number of thiocarbonyl (C=S) groups is 1. The Kier molecular flexibility index (Phi) is 4.43. The Balaban J connectivity index is 2.23. The molecule has 7 heteroatoms. The Labute approximate surface area is 128 Å². The van der Waals surface area contributed by atoms with Crippen LogP contribution in [0.2, 0.25) is 0 Å². The molecule has 1 amide bonds. The van der Waals surface area contributed by atoms with Gasteiger partial charge in [-0.15, -0.1) is 0 Å². The van der Waals surface area contributed by atoms with Crippen molar-refractivity contribution in [2.45, 2.75) is 25.3 Å². The second-order valence-corrected chi connectivity index (χ2v) is 6.04. The second-order valence-electron chi connectivity index (χ2n) is 5.60. The Hall–Kier alpha value is -1.73. The fourth-order valence-electron chi connectivity index (χ4n) is 2.47. The molecule has 2 rings (SSSR count). The van der Waals surface area contributed by atoms with Crippen LogP contribution in [0.5, 0.6) is 0 Å². The molecule has 114 valence electrons. The van der Waals surface area contributed by atoms with Crippen molar-refractivity contribution in [2.75, 3.05) is 20.1 Å².